The molecule has 2 N–H and O–H groups in total. The summed E-state index contributed by atoms with van der Waals surface area (Å²) in [5, 5.41) is 0.661. The van der Waals surface area contributed by atoms with Crippen molar-refractivity contribution < 1.29 is 9.53 Å². The van der Waals surface area contributed by atoms with Crippen LogP contribution < -0.4 is 5.73 Å². The van der Waals surface area contributed by atoms with Gasteiger partial charge in [0.15, 0.2) is 0 Å². The number of ether oxygens (including phenoxy) is 1. The first kappa shape index (κ1) is 14.3. The van der Waals surface area contributed by atoms with Crippen molar-refractivity contribution in [1.82, 2.24) is 4.90 Å². The van der Waals surface area contributed by atoms with Crippen molar-refractivity contribution >= 4 is 17.5 Å². The standard InChI is InChI=1S/C14H19ClN2O2/c1-19-8-4-7-17-13(18)9-12(16)14(17)10-5-2-3-6-11(10)15/h2-3,5-6,12,14H,4,7-9,16H2,1H3. The third-order valence-electron chi connectivity index (χ3n) is 3.44. The van der Waals surface area contributed by atoms with Crippen LogP contribution in [0.15, 0.2) is 24.3 Å². The summed E-state index contributed by atoms with van der Waals surface area (Å²) in [4.78, 5) is 13.9. The number of benzene rings is 1. The molecule has 0 spiro atoms. The number of rotatable bonds is 5. The molecule has 1 fully saturated rings. The van der Waals surface area contributed by atoms with Crippen LogP contribution in [0.25, 0.3) is 0 Å². The van der Waals surface area contributed by atoms with Gasteiger partial charge < -0.3 is 15.4 Å². The Labute approximate surface area is 118 Å². The Morgan fingerprint density at radius 2 is 2.21 bits per heavy atom. The number of hydrogen-bond donors (Lipinski definition) is 1. The van der Waals surface area contributed by atoms with Gasteiger partial charge >= 0.3 is 0 Å². The Balaban J connectivity index is 2.20. The summed E-state index contributed by atoms with van der Waals surface area (Å²) in [5.41, 5.74) is 7.04. The van der Waals surface area contributed by atoms with E-state index in [1.54, 1.807) is 7.11 Å². The van der Waals surface area contributed by atoms with Crippen molar-refractivity contribution in [2.75, 3.05) is 20.3 Å². The average Bonchev–Trinajstić information content (AvgIpc) is 2.66. The lowest BCUT2D eigenvalue weighted by molar-refractivity contribution is -0.129. The molecule has 4 nitrogen and oxygen atoms in total. The highest BCUT2D eigenvalue weighted by atomic mass is 35.5. The van der Waals surface area contributed by atoms with Gasteiger partial charge in [0.25, 0.3) is 0 Å². The van der Waals surface area contributed by atoms with E-state index >= 15 is 0 Å². The molecule has 0 aliphatic carbocycles. The predicted molar refractivity (Wildman–Crippen MR) is 75.0 cm³/mol. The Kier molecular flexibility index (Phi) is 4.80. The summed E-state index contributed by atoms with van der Waals surface area (Å²) in [6, 6.07) is 7.25. The first-order valence-corrected chi connectivity index (χ1v) is 6.81. The maximum absolute atomic E-state index is 12.0. The highest BCUT2D eigenvalue weighted by Gasteiger charge is 2.38. The number of nitrogens with two attached hydrogens (primary N) is 1. The Hall–Kier alpha value is -1.10. The molecule has 0 radical (unpaired) electrons. The van der Waals surface area contributed by atoms with Gasteiger partial charge in [-0.1, -0.05) is 29.8 Å². The molecule has 19 heavy (non-hydrogen) atoms. The highest BCUT2D eigenvalue weighted by Crippen LogP contribution is 2.35. The molecule has 2 atom stereocenters. The fourth-order valence-corrected chi connectivity index (χ4v) is 2.82. The minimum Gasteiger partial charge on any atom is -0.385 e. The monoisotopic (exact) mass is 282 g/mol. The van der Waals surface area contributed by atoms with Crippen molar-refractivity contribution in [3.05, 3.63) is 34.9 Å². The molecule has 1 aromatic rings. The summed E-state index contributed by atoms with van der Waals surface area (Å²) in [7, 11) is 1.66. The number of carbonyl (C=O) groups excluding carboxylic acids is 1. The van der Waals surface area contributed by atoms with Crippen LogP contribution in [0, 0.1) is 0 Å². The number of nitrogens with zero attached hydrogens (tertiary/aromatic N) is 1. The van der Waals surface area contributed by atoms with Gasteiger partial charge in [0.1, 0.15) is 0 Å². The number of likely N-dealkylation sites (tertiary alicyclic amines) is 1. The van der Waals surface area contributed by atoms with Crippen LogP contribution >= 0.6 is 11.6 Å². The molecule has 1 amide bonds. The van der Waals surface area contributed by atoms with Crippen molar-refractivity contribution in [3.63, 3.8) is 0 Å². The van der Waals surface area contributed by atoms with Crippen molar-refractivity contribution in [1.29, 1.82) is 0 Å². The SMILES string of the molecule is COCCCN1C(=O)CC(N)C1c1ccccc1Cl. The maximum atomic E-state index is 12.0. The minimum atomic E-state index is -0.199. The van der Waals surface area contributed by atoms with E-state index in [2.05, 4.69) is 0 Å². The zero-order valence-electron chi connectivity index (χ0n) is 11.0. The molecular weight excluding hydrogens is 264 g/mol. The van der Waals surface area contributed by atoms with E-state index in [1.807, 2.05) is 29.2 Å². The normalized spacial score (nSPS) is 23.1. The zero-order chi connectivity index (χ0) is 13.8. The molecule has 2 rings (SSSR count). The molecule has 0 bridgehead atoms. The minimum absolute atomic E-state index is 0.0912. The second-order valence-corrected chi connectivity index (χ2v) is 5.18. The van der Waals surface area contributed by atoms with Gasteiger partial charge in [-0.3, -0.25) is 4.79 Å². The summed E-state index contributed by atoms with van der Waals surface area (Å²) in [5.74, 6) is 0.0912. The third-order valence-corrected chi connectivity index (χ3v) is 3.79. The number of methoxy groups -OCH3 is 1. The fourth-order valence-electron chi connectivity index (χ4n) is 2.57. The van der Waals surface area contributed by atoms with Gasteiger partial charge in [0.05, 0.1) is 6.04 Å². The molecule has 1 saturated heterocycles. The van der Waals surface area contributed by atoms with E-state index in [-0.39, 0.29) is 18.0 Å². The van der Waals surface area contributed by atoms with Crippen LogP contribution in [0.2, 0.25) is 5.02 Å². The van der Waals surface area contributed by atoms with E-state index in [0.717, 1.165) is 12.0 Å². The molecule has 0 saturated carbocycles. The molecular formula is C14H19ClN2O2. The number of hydrogen-bond acceptors (Lipinski definition) is 3. The number of halogens is 1. The molecule has 2 unspecified atom stereocenters. The summed E-state index contributed by atoms with van der Waals surface area (Å²) in [6.07, 6.45) is 1.18. The smallest absolute Gasteiger partial charge is 0.224 e. The predicted octanol–water partition coefficient (Wildman–Crippen LogP) is 1.98. The van der Waals surface area contributed by atoms with Crippen molar-refractivity contribution in [3.8, 4) is 0 Å². The van der Waals surface area contributed by atoms with E-state index in [0.29, 0.717) is 24.6 Å². The highest BCUT2D eigenvalue weighted by molar-refractivity contribution is 6.31. The third kappa shape index (κ3) is 3.08. The van der Waals surface area contributed by atoms with E-state index in [1.165, 1.54) is 0 Å². The Morgan fingerprint density at radius 3 is 2.89 bits per heavy atom. The maximum Gasteiger partial charge on any atom is 0.224 e. The first-order valence-electron chi connectivity index (χ1n) is 6.43. The molecule has 1 heterocycles. The Morgan fingerprint density at radius 1 is 1.47 bits per heavy atom. The van der Waals surface area contributed by atoms with Gasteiger partial charge in [0.2, 0.25) is 5.91 Å². The van der Waals surface area contributed by atoms with Crippen LogP contribution in [0.1, 0.15) is 24.4 Å². The topological polar surface area (TPSA) is 55.6 Å². The van der Waals surface area contributed by atoms with E-state index in [9.17, 15) is 4.79 Å². The average molecular weight is 283 g/mol. The van der Waals surface area contributed by atoms with Crippen LogP contribution in [0.3, 0.4) is 0 Å². The van der Waals surface area contributed by atoms with E-state index in [4.69, 9.17) is 22.1 Å². The quantitative estimate of drug-likeness (QED) is 0.840. The lowest BCUT2D eigenvalue weighted by Gasteiger charge is -2.28. The summed E-state index contributed by atoms with van der Waals surface area (Å²) < 4.78 is 5.03. The fraction of sp³-hybridized carbons (Fsp3) is 0.500. The molecule has 1 aliphatic heterocycles. The number of amides is 1. The second kappa shape index (κ2) is 6.37. The molecule has 5 heteroatoms. The largest absolute Gasteiger partial charge is 0.385 e. The zero-order valence-corrected chi connectivity index (χ0v) is 11.8. The molecule has 1 aliphatic rings. The Bertz CT molecular complexity index is 453. The molecule has 1 aromatic carbocycles. The van der Waals surface area contributed by atoms with Crippen LogP contribution in [-0.4, -0.2) is 37.1 Å². The number of carbonyl (C=O) groups is 1. The van der Waals surface area contributed by atoms with Crippen molar-refractivity contribution in [2.24, 2.45) is 5.73 Å². The first-order chi connectivity index (χ1) is 9.15. The summed E-state index contributed by atoms with van der Waals surface area (Å²) in [6.45, 7) is 1.28. The lowest BCUT2D eigenvalue weighted by atomic mass is 10.0. The summed E-state index contributed by atoms with van der Waals surface area (Å²) >= 11 is 6.23. The lowest BCUT2D eigenvalue weighted by Crippen LogP contribution is -2.34. The van der Waals surface area contributed by atoms with Gasteiger partial charge in [-0.15, -0.1) is 0 Å². The van der Waals surface area contributed by atoms with Crippen molar-refractivity contribution in [2.45, 2.75) is 24.9 Å². The van der Waals surface area contributed by atoms with Gasteiger partial charge in [0, 0.05) is 37.7 Å². The second-order valence-electron chi connectivity index (χ2n) is 4.77. The van der Waals surface area contributed by atoms with Crippen LogP contribution in [0.5, 0.6) is 0 Å². The molecule has 0 aromatic heterocycles. The van der Waals surface area contributed by atoms with Crippen LogP contribution in [0.4, 0.5) is 0 Å². The van der Waals surface area contributed by atoms with Gasteiger partial charge in [-0.05, 0) is 18.1 Å². The van der Waals surface area contributed by atoms with E-state index < -0.39 is 0 Å². The molecule has 104 valence electrons. The van der Waals surface area contributed by atoms with Crippen LogP contribution in [-0.2, 0) is 9.53 Å². The van der Waals surface area contributed by atoms with Gasteiger partial charge in [-0.2, -0.15) is 0 Å². The van der Waals surface area contributed by atoms with Gasteiger partial charge in [-0.25, -0.2) is 0 Å².